The van der Waals surface area contributed by atoms with Gasteiger partial charge in [0.25, 0.3) is 0 Å². The van der Waals surface area contributed by atoms with E-state index < -0.39 is 0 Å². The van der Waals surface area contributed by atoms with Gasteiger partial charge in [-0.1, -0.05) is 29.3 Å². The summed E-state index contributed by atoms with van der Waals surface area (Å²) in [6.07, 6.45) is 5.77. The van der Waals surface area contributed by atoms with Crippen molar-refractivity contribution in [1.29, 1.82) is 0 Å². The predicted octanol–water partition coefficient (Wildman–Crippen LogP) is 5.57. The Morgan fingerprint density at radius 1 is 1.23 bits per heavy atom. The van der Waals surface area contributed by atoms with Crippen LogP contribution in [0.5, 0.6) is 0 Å². The lowest BCUT2D eigenvalue weighted by Crippen LogP contribution is -2.40. The van der Waals surface area contributed by atoms with Gasteiger partial charge in [-0.25, -0.2) is 4.79 Å². The average molecular weight is 481 g/mol. The number of hydrogen-bond acceptors (Lipinski definition) is 5. The minimum atomic E-state index is -0.364. The summed E-state index contributed by atoms with van der Waals surface area (Å²) < 4.78 is 5.02. The van der Waals surface area contributed by atoms with Crippen molar-refractivity contribution >= 4 is 51.4 Å². The van der Waals surface area contributed by atoms with E-state index in [4.69, 9.17) is 27.9 Å². The van der Waals surface area contributed by atoms with Gasteiger partial charge in [-0.2, -0.15) is 0 Å². The number of ether oxygens (including phenoxy) is 1. The number of piperidine rings is 1. The average Bonchev–Trinajstić information content (AvgIpc) is 3.13. The predicted molar refractivity (Wildman–Crippen MR) is 125 cm³/mol. The Morgan fingerprint density at radius 2 is 2.03 bits per heavy atom. The van der Waals surface area contributed by atoms with Gasteiger partial charge in [-0.15, -0.1) is 11.3 Å². The van der Waals surface area contributed by atoms with Crippen molar-refractivity contribution in [3.63, 3.8) is 0 Å². The molecule has 1 aliphatic heterocycles. The van der Waals surface area contributed by atoms with E-state index in [0.717, 1.165) is 56.2 Å². The molecule has 1 aromatic heterocycles. The van der Waals surface area contributed by atoms with Crippen molar-refractivity contribution in [2.24, 2.45) is 5.92 Å². The number of fused-ring (bicyclic) bond motifs is 1. The van der Waals surface area contributed by atoms with Crippen LogP contribution in [0.15, 0.2) is 18.2 Å². The van der Waals surface area contributed by atoms with Crippen molar-refractivity contribution in [2.45, 2.75) is 45.1 Å². The zero-order valence-electron chi connectivity index (χ0n) is 17.5. The highest BCUT2D eigenvalue weighted by Crippen LogP contribution is 2.39. The number of carbonyl (C=O) groups is 2. The molecule has 31 heavy (non-hydrogen) atoms. The first-order chi connectivity index (χ1) is 15.0. The molecular formula is C23H26Cl2N2O3S. The molecule has 1 fully saturated rings. The van der Waals surface area contributed by atoms with Crippen LogP contribution in [-0.4, -0.2) is 37.0 Å². The highest BCUT2D eigenvalue weighted by Gasteiger charge is 2.30. The highest BCUT2D eigenvalue weighted by molar-refractivity contribution is 7.17. The fourth-order valence-electron chi connectivity index (χ4n) is 4.49. The Labute approximate surface area is 196 Å². The number of aryl methyl sites for hydroxylation is 1. The quantitative estimate of drug-likeness (QED) is 0.568. The molecule has 1 aromatic carbocycles. The molecule has 4 rings (SSSR count). The van der Waals surface area contributed by atoms with Crippen LogP contribution >= 0.6 is 34.5 Å². The van der Waals surface area contributed by atoms with E-state index >= 15 is 0 Å². The van der Waals surface area contributed by atoms with E-state index in [-0.39, 0.29) is 17.8 Å². The Balaban J connectivity index is 1.46. The molecule has 1 amide bonds. The van der Waals surface area contributed by atoms with E-state index in [1.807, 2.05) is 12.1 Å². The molecule has 8 heteroatoms. The number of nitrogens with zero attached hydrogens (tertiary/aromatic N) is 1. The summed E-state index contributed by atoms with van der Waals surface area (Å²) in [5.74, 6) is -0.530. The molecule has 166 valence electrons. The van der Waals surface area contributed by atoms with Crippen LogP contribution in [0.1, 0.15) is 52.0 Å². The third-order valence-electron chi connectivity index (χ3n) is 6.08. The molecule has 5 nitrogen and oxygen atoms in total. The van der Waals surface area contributed by atoms with Gasteiger partial charge in [-0.05, 0) is 68.3 Å². The van der Waals surface area contributed by atoms with Crippen molar-refractivity contribution < 1.29 is 14.3 Å². The van der Waals surface area contributed by atoms with E-state index in [0.29, 0.717) is 33.7 Å². The van der Waals surface area contributed by atoms with Gasteiger partial charge in [0.05, 0.1) is 18.6 Å². The highest BCUT2D eigenvalue weighted by atomic mass is 35.5. The number of thiophene rings is 1. The van der Waals surface area contributed by atoms with Gasteiger partial charge in [0.15, 0.2) is 0 Å². The number of carbonyl (C=O) groups excluding carboxylic acids is 2. The maximum Gasteiger partial charge on any atom is 0.341 e. The number of esters is 1. The van der Waals surface area contributed by atoms with Crippen molar-refractivity contribution in [2.75, 3.05) is 25.5 Å². The summed E-state index contributed by atoms with van der Waals surface area (Å²) in [4.78, 5) is 29.0. The first-order valence-corrected chi connectivity index (χ1v) is 12.2. The zero-order chi connectivity index (χ0) is 22.0. The number of amides is 1. The molecule has 1 unspecified atom stereocenters. The molecular weight excluding hydrogens is 455 g/mol. The lowest BCUT2D eigenvalue weighted by molar-refractivity contribution is -0.121. The lowest BCUT2D eigenvalue weighted by Gasteiger charge is -2.32. The summed E-state index contributed by atoms with van der Waals surface area (Å²) in [6.45, 7) is 2.26. The fourth-order valence-corrected chi connectivity index (χ4v) is 6.24. The molecule has 0 spiro atoms. The number of benzene rings is 1. The van der Waals surface area contributed by atoms with Crippen LogP contribution in [0.4, 0.5) is 5.00 Å². The van der Waals surface area contributed by atoms with E-state index in [9.17, 15) is 9.59 Å². The van der Waals surface area contributed by atoms with Crippen molar-refractivity contribution in [3.8, 4) is 0 Å². The number of hydrogen-bond donors (Lipinski definition) is 1. The molecule has 0 saturated carbocycles. The summed E-state index contributed by atoms with van der Waals surface area (Å²) in [6, 6.07) is 5.52. The zero-order valence-corrected chi connectivity index (χ0v) is 19.8. The van der Waals surface area contributed by atoms with E-state index in [1.54, 1.807) is 6.07 Å². The molecule has 1 aliphatic carbocycles. The van der Waals surface area contributed by atoms with Crippen LogP contribution in [-0.2, 0) is 28.9 Å². The third-order valence-corrected chi connectivity index (χ3v) is 7.88. The SMILES string of the molecule is COC(=O)c1c(NC(=O)C2CCCN(Cc3ccc(Cl)cc3Cl)C2)sc2c1CCCC2. The standard InChI is InChI=1S/C23H26Cl2N2O3S/c1-30-23(29)20-17-6-2-3-7-19(17)31-22(20)26-21(28)15-5-4-10-27(13-15)12-14-8-9-16(24)11-18(14)25/h8-9,11,15H,2-7,10,12-13H2,1H3,(H,26,28). The molecule has 1 N–H and O–H groups in total. The first-order valence-electron chi connectivity index (χ1n) is 10.7. The summed E-state index contributed by atoms with van der Waals surface area (Å²) in [5.41, 5.74) is 2.61. The Morgan fingerprint density at radius 3 is 2.81 bits per heavy atom. The molecule has 2 heterocycles. The van der Waals surface area contributed by atoms with Gasteiger partial charge in [0.2, 0.25) is 5.91 Å². The number of halogens is 2. The van der Waals surface area contributed by atoms with Gasteiger partial charge in [0.1, 0.15) is 5.00 Å². The van der Waals surface area contributed by atoms with Crippen molar-refractivity contribution in [3.05, 3.63) is 49.8 Å². The summed E-state index contributed by atoms with van der Waals surface area (Å²) >= 11 is 13.9. The fraction of sp³-hybridized carbons (Fsp3) is 0.478. The molecule has 2 aliphatic rings. The largest absolute Gasteiger partial charge is 0.465 e. The Bertz CT molecular complexity index is 991. The maximum atomic E-state index is 13.1. The summed E-state index contributed by atoms with van der Waals surface area (Å²) in [5, 5.41) is 4.96. The summed E-state index contributed by atoms with van der Waals surface area (Å²) in [7, 11) is 1.39. The van der Waals surface area contributed by atoms with Gasteiger partial charge >= 0.3 is 5.97 Å². The monoisotopic (exact) mass is 480 g/mol. The first kappa shape index (κ1) is 22.6. The molecule has 2 aromatic rings. The van der Waals surface area contributed by atoms with Gasteiger partial charge in [0, 0.05) is 28.0 Å². The number of likely N-dealkylation sites (tertiary alicyclic amines) is 1. The maximum absolute atomic E-state index is 13.1. The number of rotatable bonds is 5. The number of nitrogens with one attached hydrogen (secondary N) is 1. The minimum Gasteiger partial charge on any atom is -0.465 e. The number of anilines is 1. The van der Waals surface area contributed by atoms with Crippen LogP contribution in [0.25, 0.3) is 0 Å². The Kier molecular flexibility index (Phi) is 7.22. The third kappa shape index (κ3) is 5.08. The van der Waals surface area contributed by atoms with Crippen LogP contribution < -0.4 is 5.32 Å². The second-order valence-electron chi connectivity index (χ2n) is 8.21. The van der Waals surface area contributed by atoms with Gasteiger partial charge < -0.3 is 10.1 Å². The number of methoxy groups -OCH3 is 1. The molecule has 0 bridgehead atoms. The topological polar surface area (TPSA) is 58.6 Å². The van der Waals surface area contributed by atoms with Crippen molar-refractivity contribution in [1.82, 2.24) is 4.90 Å². The second-order valence-corrected chi connectivity index (χ2v) is 10.2. The van der Waals surface area contributed by atoms with Gasteiger partial charge in [-0.3, -0.25) is 9.69 Å². The molecule has 0 radical (unpaired) electrons. The molecule has 1 atom stereocenters. The van der Waals surface area contributed by atoms with Crippen LogP contribution in [0, 0.1) is 5.92 Å². The van der Waals surface area contributed by atoms with Crippen LogP contribution in [0.2, 0.25) is 10.0 Å². The van der Waals surface area contributed by atoms with Crippen LogP contribution in [0.3, 0.4) is 0 Å². The lowest BCUT2D eigenvalue weighted by atomic mass is 9.95. The Hall–Kier alpha value is -1.60. The normalized spacial score (nSPS) is 19.0. The minimum absolute atomic E-state index is 0.0318. The van der Waals surface area contributed by atoms with E-state index in [1.165, 1.54) is 23.3 Å². The van der Waals surface area contributed by atoms with E-state index in [2.05, 4.69) is 10.2 Å². The molecule has 1 saturated heterocycles. The second kappa shape index (κ2) is 9.90. The smallest absolute Gasteiger partial charge is 0.341 e.